The molecule has 7 heteroatoms. The number of aromatic nitrogens is 2. The summed E-state index contributed by atoms with van der Waals surface area (Å²) in [5.41, 5.74) is 1.54. The summed E-state index contributed by atoms with van der Waals surface area (Å²) in [6.45, 7) is 11.3. The summed E-state index contributed by atoms with van der Waals surface area (Å²) in [4.78, 5) is 21.1. The summed E-state index contributed by atoms with van der Waals surface area (Å²) in [6, 6.07) is 13.9. The van der Waals surface area contributed by atoms with E-state index in [9.17, 15) is 9.90 Å². The van der Waals surface area contributed by atoms with E-state index in [-0.39, 0.29) is 54.9 Å². The van der Waals surface area contributed by atoms with E-state index in [0.29, 0.717) is 21.7 Å². The Bertz CT molecular complexity index is 1920. The summed E-state index contributed by atoms with van der Waals surface area (Å²) in [5, 5.41) is 12.0. The third-order valence-electron chi connectivity index (χ3n) is 7.25. The largest absolute Gasteiger partial charge is 0.512 e. The van der Waals surface area contributed by atoms with Crippen molar-refractivity contribution < 1.29 is 41.3 Å². The molecule has 0 aliphatic heterocycles. The summed E-state index contributed by atoms with van der Waals surface area (Å²) < 4.78 is 46.9. The summed E-state index contributed by atoms with van der Waals surface area (Å²) in [6.07, 6.45) is 4.22. The van der Waals surface area contributed by atoms with Gasteiger partial charge in [0.25, 0.3) is 0 Å². The van der Waals surface area contributed by atoms with Gasteiger partial charge in [-0.15, -0.1) is 29.5 Å². The van der Waals surface area contributed by atoms with Crippen LogP contribution in [-0.2, 0) is 31.3 Å². The molecule has 4 aromatic heterocycles. The first kappa shape index (κ1) is 27.7. The maximum atomic E-state index is 11.6. The van der Waals surface area contributed by atoms with Gasteiger partial charge in [0.1, 0.15) is 0 Å². The molecule has 1 radical (unpaired) electrons. The minimum Gasteiger partial charge on any atom is -0.512 e. The van der Waals surface area contributed by atoms with Crippen molar-refractivity contribution in [2.75, 3.05) is 0 Å². The van der Waals surface area contributed by atoms with Crippen molar-refractivity contribution in [1.82, 2.24) is 9.97 Å². The van der Waals surface area contributed by atoms with Crippen LogP contribution in [0.2, 0.25) is 0 Å². The Morgan fingerprint density at radius 2 is 1.91 bits per heavy atom. The normalized spacial score (nSPS) is 15.2. The second-order valence-electron chi connectivity index (χ2n) is 11.6. The number of aliphatic hydroxyl groups excluding tert-OH is 1. The van der Waals surface area contributed by atoms with Crippen molar-refractivity contribution >= 4 is 49.3 Å². The molecule has 5 aromatic rings. The number of ketones is 1. The number of furan rings is 1. The van der Waals surface area contributed by atoms with Gasteiger partial charge in [-0.1, -0.05) is 65.5 Å². The fraction of sp³-hybridized carbons (Fsp3) is 0.417. The number of carbonyl (C=O) groups is 1. The maximum Gasteiger partial charge on any atom is 0.216 e. The van der Waals surface area contributed by atoms with Crippen molar-refractivity contribution in [3.63, 3.8) is 0 Å². The van der Waals surface area contributed by atoms with E-state index in [1.807, 2.05) is 66.7 Å². The molecule has 0 saturated carbocycles. The van der Waals surface area contributed by atoms with E-state index < -0.39 is 18.6 Å². The summed E-state index contributed by atoms with van der Waals surface area (Å²) in [5.74, 6) is 0.451. The number of thiophene rings is 1. The topological polar surface area (TPSA) is 76.2 Å². The molecule has 1 atom stereocenters. The van der Waals surface area contributed by atoms with Gasteiger partial charge in [-0.2, -0.15) is 0 Å². The van der Waals surface area contributed by atoms with Gasteiger partial charge in [-0.05, 0) is 61.8 Å². The van der Waals surface area contributed by atoms with Crippen molar-refractivity contribution in [3.8, 4) is 11.3 Å². The van der Waals surface area contributed by atoms with Gasteiger partial charge in [-0.3, -0.25) is 4.79 Å². The first-order chi connectivity index (χ1) is 21.9. The number of aryl methyl sites for hydroxylation is 1. The van der Waals surface area contributed by atoms with Crippen LogP contribution in [0.1, 0.15) is 85.2 Å². The molecule has 0 fully saturated rings. The van der Waals surface area contributed by atoms with Crippen molar-refractivity contribution in [3.05, 3.63) is 71.1 Å². The fourth-order valence-corrected chi connectivity index (χ4v) is 5.80. The van der Waals surface area contributed by atoms with Crippen LogP contribution in [0.5, 0.6) is 0 Å². The Balaban J connectivity index is 0.000000356. The number of carbonyl (C=O) groups excluding carboxylic acids is 1. The molecule has 0 saturated heterocycles. The average molecular weight is 781 g/mol. The van der Waals surface area contributed by atoms with Crippen LogP contribution in [0.3, 0.4) is 0 Å². The van der Waals surface area contributed by atoms with Crippen molar-refractivity contribution in [1.29, 1.82) is 0 Å². The molecule has 0 aliphatic rings. The number of fused-ring (bicyclic) bond motifs is 4. The van der Waals surface area contributed by atoms with Crippen LogP contribution >= 0.6 is 11.3 Å². The SMILES string of the molecule is CCC(CC)C(=O)/C=C(\O)C(C)CC.[2H]C([2H])([2H])c1ccc2c(n1)oc1c(-c3cc4sc(C([2H])([2H])C(C)(C)C)cc4cn3)[c-]ccc12.[Ir]. The Hall–Kier alpha value is -2.86. The zero-order chi connectivity index (χ0) is 34.9. The number of rotatable bonds is 8. The van der Waals surface area contributed by atoms with Gasteiger partial charge in [0.2, 0.25) is 5.71 Å². The number of allylic oxidation sites excluding steroid dienone is 2. The number of aliphatic hydroxyl groups is 1. The quantitative estimate of drug-likeness (QED) is 0.0964. The van der Waals surface area contributed by atoms with Gasteiger partial charge in [0.15, 0.2) is 5.78 Å². The van der Waals surface area contributed by atoms with Crippen molar-refractivity contribution in [2.45, 2.75) is 81.0 Å². The Kier molecular flexibility index (Phi) is 9.49. The van der Waals surface area contributed by atoms with E-state index in [1.54, 1.807) is 18.3 Å². The van der Waals surface area contributed by atoms with Gasteiger partial charge < -0.3 is 14.5 Å². The zero-order valence-electron chi connectivity index (χ0n) is 30.8. The van der Waals surface area contributed by atoms with Gasteiger partial charge in [0, 0.05) is 77.1 Å². The molecule has 4 heterocycles. The summed E-state index contributed by atoms with van der Waals surface area (Å²) in [7, 11) is 0. The first-order valence-corrected chi connectivity index (χ1v) is 15.3. The smallest absolute Gasteiger partial charge is 0.216 e. The monoisotopic (exact) mass is 781 g/mol. The predicted octanol–water partition coefficient (Wildman–Crippen LogP) is 10.4. The molecule has 1 N–H and O–H groups in total. The molecule has 1 aromatic carbocycles. The Labute approximate surface area is 280 Å². The Morgan fingerprint density at radius 1 is 1.16 bits per heavy atom. The zero-order valence-corrected chi connectivity index (χ0v) is 29.0. The number of benzene rings is 1. The predicted molar refractivity (Wildman–Crippen MR) is 176 cm³/mol. The third-order valence-corrected chi connectivity index (χ3v) is 8.26. The number of hydrogen-bond donors (Lipinski definition) is 1. The molecule has 0 spiro atoms. The van der Waals surface area contributed by atoms with E-state index in [0.717, 1.165) is 40.1 Å². The van der Waals surface area contributed by atoms with Crippen LogP contribution in [0.4, 0.5) is 0 Å². The van der Waals surface area contributed by atoms with E-state index in [2.05, 4.69) is 16.0 Å². The maximum absolute atomic E-state index is 11.6. The van der Waals surface area contributed by atoms with E-state index in [1.165, 1.54) is 23.5 Å². The van der Waals surface area contributed by atoms with Crippen LogP contribution < -0.4 is 0 Å². The van der Waals surface area contributed by atoms with Crippen molar-refractivity contribution in [2.24, 2.45) is 17.3 Å². The standard InChI is InChI=1S/C24H21N2OS.C12H22O2.Ir/c1-14-8-9-18-17-6-5-7-19(22(17)27-23(18)26-14)20-11-21-15(13-25-20)10-16(28-21)12-24(2,3)4;1-5-9(4)11(13)8-12(14)10(6-2)7-3;/h5-6,8-11,13H,12H2,1-4H3;8-10,13H,5-7H2,1-4H3;/q-1;;/b;11-8-;/i1D3,12D2;;. The molecule has 1 unspecified atom stereocenters. The number of hydrogen-bond acceptors (Lipinski definition) is 6. The van der Waals surface area contributed by atoms with Gasteiger partial charge in [0.05, 0.1) is 11.3 Å². The van der Waals surface area contributed by atoms with Crippen LogP contribution in [0.15, 0.2) is 58.8 Å². The summed E-state index contributed by atoms with van der Waals surface area (Å²) >= 11 is 1.42. The van der Waals surface area contributed by atoms with Gasteiger partial charge in [-0.25, -0.2) is 4.98 Å². The molecular formula is C36H43IrN2O3S-. The number of pyridine rings is 2. The molecule has 5 rings (SSSR count). The van der Waals surface area contributed by atoms with Crippen LogP contribution in [0.25, 0.3) is 43.4 Å². The molecule has 0 bridgehead atoms. The minimum atomic E-state index is -2.32. The van der Waals surface area contributed by atoms with E-state index in [4.69, 9.17) is 11.3 Å². The van der Waals surface area contributed by atoms with E-state index >= 15 is 0 Å². The average Bonchev–Trinajstić information content (AvgIpc) is 3.62. The van der Waals surface area contributed by atoms with Gasteiger partial charge >= 0.3 is 0 Å². The fourth-order valence-electron chi connectivity index (χ4n) is 4.62. The molecule has 0 amide bonds. The molecule has 0 aliphatic carbocycles. The first-order valence-electron chi connectivity index (χ1n) is 17.0. The minimum absolute atomic E-state index is 0. The van der Waals surface area contributed by atoms with Crippen LogP contribution in [-0.4, -0.2) is 20.9 Å². The second kappa shape index (κ2) is 14.7. The molecular weight excluding hydrogens is 733 g/mol. The molecule has 231 valence electrons. The third kappa shape index (κ3) is 8.41. The number of nitrogens with zero attached hydrogens (tertiary/aromatic N) is 2. The molecule has 5 nitrogen and oxygen atoms in total. The Morgan fingerprint density at radius 3 is 2.56 bits per heavy atom. The molecule has 43 heavy (non-hydrogen) atoms. The van der Waals surface area contributed by atoms with Crippen LogP contribution in [0, 0.1) is 30.2 Å². The second-order valence-corrected chi connectivity index (χ2v) is 12.7.